The largest absolute Gasteiger partial charge is 0.467 e. The molecule has 1 saturated carbocycles. The summed E-state index contributed by atoms with van der Waals surface area (Å²) in [5.74, 6) is 2.08. The van der Waals surface area contributed by atoms with E-state index in [1.165, 1.54) is 51.2 Å². The highest BCUT2D eigenvalue weighted by Crippen LogP contribution is 2.30. The first-order valence-corrected chi connectivity index (χ1v) is 17.0. The number of nitrogens with zero attached hydrogens (tertiary/aromatic N) is 1. The molecular formula is C32H46N2O3S2. The Morgan fingerprint density at radius 3 is 2.44 bits per heavy atom. The summed E-state index contributed by atoms with van der Waals surface area (Å²) in [6.45, 7) is 5.12. The van der Waals surface area contributed by atoms with E-state index in [0.717, 1.165) is 53.7 Å². The van der Waals surface area contributed by atoms with E-state index in [4.69, 9.17) is 4.74 Å². The molecule has 7 heteroatoms. The Kier molecular flexibility index (Phi) is 13.7. The Labute approximate surface area is 244 Å². The fraction of sp³-hybridized carbons (Fsp3) is 0.562. The van der Waals surface area contributed by atoms with Crippen molar-refractivity contribution in [3.8, 4) is 11.1 Å². The predicted molar refractivity (Wildman–Crippen MR) is 168 cm³/mol. The fourth-order valence-corrected chi connectivity index (χ4v) is 6.35. The second kappa shape index (κ2) is 17.0. The van der Waals surface area contributed by atoms with Crippen LogP contribution in [-0.4, -0.2) is 67.0 Å². The van der Waals surface area contributed by atoms with E-state index >= 15 is 0 Å². The molecule has 1 unspecified atom stereocenters. The predicted octanol–water partition coefficient (Wildman–Crippen LogP) is 6.82. The van der Waals surface area contributed by atoms with E-state index in [2.05, 4.69) is 47.7 Å². The van der Waals surface area contributed by atoms with Gasteiger partial charge in [-0.3, -0.25) is 9.69 Å². The summed E-state index contributed by atoms with van der Waals surface area (Å²) in [4.78, 5) is 28.5. The van der Waals surface area contributed by atoms with E-state index in [-0.39, 0.29) is 5.91 Å². The molecule has 0 aliphatic heterocycles. The van der Waals surface area contributed by atoms with Gasteiger partial charge >= 0.3 is 5.97 Å². The van der Waals surface area contributed by atoms with Gasteiger partial charge in [-0.15, -0.1) is 0 Å². The van der Waals surface area contributed by atoms with Crippen molar-refractivity contribution >= 4 is 35.4 Å². The van der Waals surface area contributed by atoms with E-state index in [1.54, 1.807) is 11.8 Å². The van der Waals surface area contributed by atoms with E-state index in [1.807, 2.05) is 36.2 Å². The van der Waals surface area contributed by atoms with Crippen molar-refractivity contribution in [2.75, 3.05) is 44.2 Å². The van der Waals surface area contributed by atoms with E-state index in [0.29, 0.717) is 12.0 Å². The molecule has 1 N–H and O–H groups in total. The molecule has 0 spiro atoms. The van der Waals surface area contributed by atoms with E-state index < -0.39 is 12.0 Å². The molecule has 2 aromatic carbocycles. The Morgan fingerprint density at radius 2 is 1.74 bits per heavy atom. The molecule has 1 aliphatic rings. The van der Waals surface area contributed by atoms with Gasteiger partial charge in [0.1, 0.15) is 6.04 Å². The average Bonchev–Trinajstić information content (AvgIpc) is 2.96. The van der Waals surface area contributed by atoms with Crippen LogP contribution in [-0.2, 0) is 16.1 Å². The van der Waals surface area contributed by atoms with Gasteiger partial charge in [-0.05, 0) is 84.9 Å². The maximum absolute atomic E-state index is 13.6. The number of carbonyl (C=O) groups is 2. The monoisotopic (exact) mass is 570 g/mol. The van der Waals surface area contributed by atoms with Crippen molar-refractivity contribution in [1.29, 1.82) is 0 Å². The van der Waals surface area contributed by atoms with Crippen LogP contribution in [0.5, 0.6) is 0 Å². The number of thioether (sulfide) groups is 2. The van der Waals surface area contributed by atoms with Gasteiger partial charge in [-0.1, -0.05) is 62.4 Å². The zero-order chi connectivity index (χ0) is 28.0. The summed E-state index contributed by atoms with van der Waals surface area (Å²) in [5, 5.41) is 2.95. The average molecular weight is 571 g/mol. The lowest BCUT2D eigenvalue weighted by Crippen LogP contribution is -2.42. The molecule has 5 nitrogen and oxygen atoms in total. The van der Waals surface area contributed by atoms with Crippen LogP contribution in [0, 0.1) is 12.8 Å². The van der Waals surface area contributed by atoms with Gasteiger partial charge in [0.15, 0.2) is 0 Å². The van der Waals surface area contributed by atoms with Crippen molar-refractivity contribution in [2.45, 2.75) is 64.5 Å². The molecule has 39 heavy (non-hydrogen) atoms. The second-order valence-corrected chi connectivity index (χ2v) is 12.6. The summed E-state index contributed by atoms with van der Waals surface area (Å²) in [7, 11) is 1.37. The zero-order valence-electron chi connectivity index (χ0n) is 24.2. The zero-order valence-corrected chi connectivity index (χ0v) is 25.8. The first-order chi connectivity index (χ1) is 19.0. The third-order valence-corrected chi connectivity index (χ3v) is 9.00. The highest BCUT2D eigenvalue weighted by molar-refractivity contribution is 7.98. The minimum absolute atomic E-state index is 0.243. The maximum atomic E-state index is 13.6. The quantitative estimate of drug-likeness (QED) is 0.237. The number of nitrogens with one attached hydrogen (secondary N) is 1. The topological polar surface area (TPSA) is 58.6 Å². The molecule has 0 radical (unpaired) electrons. The van der Waals surface area contributed by atoms with Gasteiger partial charge in [0.2, 0.25) is 0 Å². The van der Waals surface area contributed by atoms with Gasteiger partial charge in [0.25, 0.3) is 5.91 Å². The first kappa shape index (κ1) is 31.6. The Bertz CT molecular complexity index is 1060. The minimum atomic E-state index is -0.666. The Balaban J connectivity index is 1.86. The molecule has 0 aromatic heterocycles. The van der Waals surface area contributed by atoms with Crippen LogP contribution in [0.2, 0.25) is 0 Å². The van der Waals surface area contributed by atoms with Crippen LogP contribution in [0.15, 0.2) is 42.5 Å². The lowest BCUT2D eigenvalue weighted by molar-refractivity contribution is -0.142. The van der Waals surface area contributed by atoms with Crippen LogP contribution in [0.3, 0.4) is 0 Å². The number of methoxy groups -OCH3 is 1. The molecule has 214 valence electrons. The Hall–Kier alpha value is -1.96. The number of amides is 1. The smallest absolute Gasteiger partial charge is 0.328 e. The molecule has 0 saturated heterocycles. The summed E-state index contributed by atoms with van der Waals surface area (Å²) in [5.41, 5.74) is 4.87. The number of carbonyl (C=O) groups excluding carboxylic acids is 2. The summed E-state index contributed by atoms with van der Waals surface area (Å²) in [6.07, 6.45) is 12.9. The highest BCUT2D eigenvalue weighted by atomic mass is 32.2. The van der Waals surface area contributed by atoms with Gasteiger partial charge < -0.3 is 10.1 Å². The summed E-state index contributed by atoms with van der Waals surface area (Å²) < 4.78 is 4.97. The van der Waals surface area contributed by atoms with Crippen molar-refractivity contribution in [3.63, 3.8) is 0 Å². The second-order valence-electron chi connectivity index (χ2n) is 10.6. The molecule has 0 heterocycles. The van der Waals surface area contributed by atoms with E-state index in [9.17, 15) is 9.59 Å². The molecular weight excluding hydrogens is 524 g/mol. The maximum Gasteiger partial charge on any atom is 0.328 e. The first-order valence-electron chi connectivity index (χ1n) is 14.2. The number of hydrogen-bond donors (Lipinski definition) is 1. The standard InChI is InChI=1S/C32H46N2O3S2/c1-24-10-8-9-13-27(24)29-22-26(23-34(19-21-39-4)18-16-25-11-6-5-7-12-25)14-15-28(29)31(35)33-30(17-20-38-3)32(36)37-2/h8-10,13-15,22,25,30H,5-7,11-12,16-21,23H2,1-4H3,(H,33,35). The summed E-state index contributed by atoms with van der Waals surface area (Å²) in [6, 6.07) is 13.7. The third kappa shape index (κ3) is 9.87. The van der Waals surface area contributed by atoms with Crippen LogP contribution in [0.1, 0.15) is 66.4 Å². The Morgan fingerprint density at radius 1 is 1.00 bits per heavy atom. The number of rotatable bonds is 15. The molecule has 3 rings (SSSR count). The van der Waals surface area contributed by atoms with Gasteiger partial charge in [0.05, 0.1) is 7.11 Å². The molecule has 1 fully saturated rings. The number of hydrogen-bond acceptors (Lipinski definition) is 6. The third-order valence-electron chi connectivity index (χ3n) is 7.76. The number of benzene rings is 2. The number of esters is 1. The van der Waals surface area contributed by atoms with Crippen molar-refractivity contribution in [2.24, 2.45) is 5.92 Å². The number of aryl methyl sites for hydroxylation is 1. The van der Waals surface area contributed by atoms with Crippen LogP contribution in [0.4, 0.5) is 0 Å². The highest BCUT2D eigenvalue weighted by Gasteiger charge is 2.24. The molecule has 0 bridgehead atoms. The molecule has 1 aliphatic carbocycles. The molecule has 1 atom stereocenters. The van der Waals surface area contributed by atoms with Crippen molar-refractivity contribution in [3.05, 3.63) is 59.2 Å². The van der Waals surface area contributed by atoms with Gasteiger partial charge in [-0.25, -0.2) is 4.79 Å². The minimum Gasteiger partial charge on any atom is -0.467 e. The normalized spacial score (nSPS) is 14.8. The van der Waals surface area contributed by atoms with Gasteiger partial charge in [0, 0.05) is 24.4 Å². The van der Waals surface area contributed by atoms with Crippen LogP contribution in [0.25, 0.3) is 11.1 Å². The number of ether oxygens (including phenoxy) is 1. The summed E-state index contributed by atoms with van der Waals surface area (Å²) >= 11 is 3.54. The SMILES string of the molecule is COC(=O)C(CCSC)NC(=O)c1ccc(CN(CCSC)CCC2CCCCC2)cc1-c1ccccc1C. The molecule has 1 amide bonds. The molecule has 2 aromatic rings. The van der Waals surface area contributed by atoms with Crippen LogP contribution >= 0.6 is 23.5 Å². The fourth-order valence-electron chi connectivity index (χ4n) is 5.44. The van der Waals surface area contributed by atoms with Crippen molar-refractivity contribution < 1.29 is 14.3 Å². The van der Waals surface area contributed by atoms with Crippen molar-refractivity contribution in [1.82, 2.24) is 10.2 Å². The van der Waals surface area contributed by atoms with Crippen LogP contribution < -0.4 is 5.32 Å². The lowest BCUT2D eigenvalue weighted by atomic mass is 9.87. The lowest BCUT2D eigenvalue weighted by Gasteiger charge is -2.27. The van der Waals surface area contributed by atoms with Gasteiger partial charge in [-0.2, -0.15) is 23.5 Å².